The number of aryl methyl sites for hydroxylation is 1. The maximum atomic E-state index is 12.6. The molecule has 0 atom stereocenters. The fourth-order valence-corrected chi connectivity index (χ4v) is 2.69. The predicted molar refractivity (Wildman–Crippen MR) is 81.4 cm³/mol. The number of hydrogen-bond acceptors (Lipinski definition) is 2. The van der Waals surface area contributed by atoms with Gasteiger partial charge >= 0.3 is 0 Å². The molecule has 1 heterocycles. The Labute approximate surface area is 116 Å². The van der Waals surface area contributed by atoms with E-state index in [4.69, 9.17) is 0 Å². The van der Waals surface area contributed by atoms with Crippen LogP contribution >= 0.6 is 0 Å². The molecule has 1 aromatic heterocycles. The predicted octanol–water partition coefficient (Wildman–Crippen LogP) is 3.38. The second-order valence-corrected chi connectivity index (χ2v) is 4.88. The number of hydrogen-bond donors (Lipinski definition) is 0. The van der Waals surface area contributed by atoms with Crippen LogP contribution < -0.4 is 5.43 Å². The van der Waals surface area contributed by atoms with Gasteiger partial charge in [0.1, 0.15) is 0 Å². The number of carbonyl (C=O) groups is 1. The molecule has 0 radical (unpaired) electrons. The highest BCUT2D eigenvalue weighted by molar-refractivity contribution is 6.00. The van der Waals surface area contributed by atoms with Gasteiger partial charge in [0.15, 0.2) is 11.2 Å². The van der Waals surface area contributed by atoms with Crippen LogP contribution in [-0.4, -0.2) is 10.4 Å². The third-order valence-electron chi connectivity index (χ3n) is 3.69. The van der Waals surface area contributed by atoms with E-state index in [2.05, 4.69) is 11.5 Å². The Morgan fingerprint density at radius 3 is 2.45 bits per heavy atom. The van der Waals surface area contributed by atoms with Crippen molar-refractivity contribution in [3.05, 3.63) is 58.3 Å². The monoisotopic (exact) mass is 265 g/mol. The van der Waals surface area contributed by atoms with Crippen molar-refractivity contribution in [2.45, 2.75) is 20.4 Å². The molecule has 3 aromatic rings. The quantitative estimate of drug-likeness (QED) is 0.526. The zero-order valence-electron chi connectivity index (χ0n) is 11.5. The molecule has 100 valence electrons. The summed E-state index contributed by atoms with van der Waals surface area (Å²) in [5, 5.41) is 1.31. The van der Waals surface area contributed by atoms with E-state index in [1.165, 1.54) is 6.92 Å². The van der Waals surface area contributed by atoms with Crippen LogP contribution in [0.15, 0.2) is 47.3 Å². The number of Topliss-reactive ketones (excluding diaryl/α,β-unsaturated/α-hetero) is 1. The van der Waals surface area contributed by atoms with Crippen molar-refractivity contribution < 1.29 is 4.79 Å². The molecule has 0 aliphatic carbocycles. The summed E-state index contributed by atoms with van der Waals surface area (Å²) in [5.74, 6) is -0.0255. The molecule has 0 aliphatic heterocycles. The average molecular weight is 265 g/mol. The zero-order chi connectivity index (χ0) is 14.3. The van der Waals surface area contributed by atoms with Crippen LogP contribution in [0.25, 0.3) is 21.8 Å². The van der Waals surface area contributed by atoms with Crippen molar-refractivity contribution in [2.24, 2.45) is 0 Å². The first kappa shape index (κ1) is 12.6. The molecule has 0 amide bonds. The molecular weight excluding hydrogens is 250 g/mol. The first-order valence-electron chi connectivity index (χ1n) is 6.69. The second kappa shape index (κ2) is 4.60. The molecule has 0 aliphatic rings. The number of ketones is 1. The van der Waals surface area contributed by atoms with E-state index >= 15 is 0 Å². The van der Waals surface area contributed by atoms with Crippen molar-refractivity contribution in [1.29, 1.82) is 0 Å². The Hall–Kier alpha value is -2.42. The molecule has 0 saturated heterocycles. The number of rotatable bonds is 2. The topological polar surface area (TPSA) is 39.1 Å². The molecule has 3 nitrogen and oxygen atoms in total. The number of carbonyl (C=O) groups excluding carboxylic acids is 1. The summed E-state index contributed by atoms with van der Waals surface area (Å²) >= 11 is 0. The molecule has 20 heavy (non-hydrogen) atoms. The van der Waals surface area contributed by atoms with Gasteiger partial charge in [-0.25, -0.2) is 0 Å². The van der Waals surface area contributed by atoms with E-state index in [1.807, 2.05) is 30.3 Å². The van der Waals surface area contributed by atoms with Gasteiger partial charge in [0.25, 0.3) is 0 Å². The first-order valence-corrected chi connectivity index (χ1v) is 6.69. The summed E-state index contributed by atoms with van der Waals surface area (Å²) < 4.78 is 2.11. The number of fused-ring (bicyclic) bond motifs is 2. The van der Waals surface area contributed by atoms with Gasteiger partial charge in [-0.3, -0.25) is 9.59 Å². The Morgan fingerprint density at radius 2 is 1.75 bits per heavy atom. The van der Waals surface area contributed by atoms with E-state index in [0.717, 1.165) is 17.6 Å². The third kappa shape index (κ3) is 1.74. The third-order valence-corrected chi connectivity index (χ3v) is 3.69. The van der Waals surface area contributed by atoms with E-state index in [9.17, 15) is 9.59 Å². The van der Waals surface area contributed by atoms with E-state index in [1.54, 1.807) is 12.1 Å². The number of pyridine rings is 1. The second-order valence-electron chi connectivity index (χ2n) is 4.88. The highest BCUT2D eigenvalue weighted by atomic mass is 16.1. The van der Waals surface area contributed by atoms with Crippen LogP contribution in [0.4, 0.5) is 0 Å². The Bertz CT molecular complexity index is 891. The maximum absolute atomic E-state index is 12.6. The smallest absolute Gasteiger partial charge is 0.197 e. The molecule has 3 heteroatoms. The first-order chi connectivity index (χ1) is 9.63. The maximum Gasteiger partial charge on any atom is 0.197 e. The summed E-state index contributed by atoms with van der Waals surface area (Å²) in [7, 11) is 0. The number of aromatic nitrogens is 1. The van der Waals surface area contributed by atoms with Gasteiger partial charge in [-0.2, -0.15) is 0 Å². The molecule has 2 aromatic carbocycles. The minimum atomic E-state index is -0.0255. The van der Waals surface area contributed by atoms with Gasteiger partial charge in [-0.1, -0.05) is 12.1 Å². The van der Waals surface area contributed by atoms with Gasteiger partial charge in [0.05, 0.1) is 11.0 Å². The number of nitrogens with zero attached hydrogens (tertiary/aromatic N) is 1. The van der Waals surface area contributed by atoms with Crippen molar-refractivity contribution in [3.8, 4) is 0 Å². The van der Waals surface area contributed by atoms with Crippen LogP contribution in [0.3, 0.4) is 0 Å². The minimum Gasteiger partial charge on any atom is -0.341 e. The van der Waals surface area contributed by atoms with Crippen LogP contribution in [-0.2, 0) is 6.54 Å². The van der Waals surface area contributed by atoms with Crippen molar-refractivity contribution in [1.82, 2.24) is 4.57 Å². The molecule has 3 rings (SSSR count). The van der Waals surface area contributed by atoms with Gasteiger partial charge in [-0.05, 0) is 44.2 Å². The van der Waals surface area contributed by atoms with Crippen molar-refractivity contribution >= 4 is 27.6 Å². The zero-order valence-corrected chi connectivity index (χ0v) is 11.5. The van der Waals surface area contributed by atoms with E-state index in [0.29, 0.717) is 16.3 Å². The van der Waals surface area contributed by atoms with Crippen molar-refractivity contribution in [2.75, 3.05) is 0 Å². The number of benzene rings is 2. The molecule has 0 unspecified atom stereocenters. The molecule has 0 N–H and O–H groups in total. The molecule has 0 fully saturated rings. The lowest BCUT2D eigenvalue weighted by Gasteiger charge is -2.13. The summed E-state index contributed by atoms with van der Waals surface area (Å²) in [6.45, 7) is 4.34. The minimum absolute atomic E-state index is 0.0107. The Kier molecular flexibility index (Phi) is 2.90. The SMILES string of the molecule is CCn1c2ccccc2c(=O)c2cc(C(C)=O)ccc21. The summed E-state index contributed by atoms with van der Waals surface area (Å²) in [4.78, 5) is 24.1. The van der Waals surface area contributed by atoms with Gasteiger partial charge in [0.2, 0.25) is 0 Å². The highest BCUT2D eigenvalue weighted by Gasteiger charge is 2.11. The molecule has 0 bridgehead atoms. The summed E-state index contributed by atoms with van der Waals surface area (Å²) in [5.41, 5.74) is 2.38. The van der Waals surface area contributed by atoms with Gasteiger partial charge in [0, 0.05) is 22.9 Å². The fourth-order valence-electron chi connectivity index (χ4n) is 2.69. The lowest BCUT2D eigenvalue weighted by molar-refractivity contribution is 0.101. The van der Waals surface area contributed by atoms with Gasteiger partial charge < -0.3 is 4.57 Å². The molecule has 0 saturated carbocycles. The van der Waals surface area contributed by atoms with E-state index < -0.39 is 0 Å². The summed E-state index contributed by atoms with van der Waals surface area (Å²) in [6.07, 6.45) is 0. The van der Waals surface area contributed by atoms with E-state index in [-0.39, 0.29) is 11.2 Å². The van der Waals surface area contributed by atoms with Crippen LogP contribution in [0.1, 0.15) is 24.2 Å². The summed E-state index contributed by atoms with van der Waals surface area (Å²) in [6, 6.07) is 12.9. The highest BCUT2D eigenvalue weighted by Crippen LogP contribution is 2.20. The van der Waals surface area contributed by atoms with Crippen molar-refractivity contribution in [3.63, 3.8) is 0 Å². The normalized spacial score (nSPS) is 11.1. The van der Waals surface area contributed by atoms with Crippen LogP contribution in [0.2, 0.25) is 0 Å². The standard InChI is InChI=1S/C17H15NO2/c1-3-18-15-7-5-4-6-13(15)17(20)14-10-12(11(2)19)8-9-16(14)18/h4-10H,3H2,1-2H3. The molecular formula is C17H15NO2. The lowest BCUT2D eigenvalue weighted by atomic mass is 10.0. The Balaban J connectivity index is 2.56. The number of para-hydroxylation sites is 1. The average Bonchev–Trinajstić information content (AvgIpc) is 2.47. The lowest BCUT2D eigenvalue weighted by Crippen LogP contribution is -2.11. The van der Waals surface area contributed by atoms with Crippen LogP contribution in [0.5, 0.6) is 0 Å². The van der Waals surface area contributed by atoms with Crippen LogP contribution in [0, 0.1) is 0 Å². The largest absolute Gasteiger partial charge is 0.341 e. The molecule has 0 spiro atoms. The Morgan fingerprint density at radius 1 is 1.05 bits per heavy atom. The van der Waals surface area contributed by atoms with Gasteiger partial charge in [-0.15, -0.1) is 0 Å². The fraction of sp³-hybridized carbons (Fsp3) is 0.176.